The van der Waals surface area contributed by atoms with Crippen molar-refractivity contribution in [1.82, 2.24) is 0 Å². The maximum absolute atomic E-state index is 11.7. The Bertz CT molecular complexity index is 493. The zero-order valence-corrected chi connectivity index (χ0v) is 11.7. The van der Waals surface area contributed by atoms with Crippen molar-refractivity contribution in [2.75, 3.05) is 20.3 Å². The smallest absolute Gasteiger partial charge is 0.319 e. The van der Waals surface area contributed by atoms with Crippen LogP contribution in [0.5, 0.6) is 11.5 Å². The summed E-state index contributed by atoms with van der Waals surface area (Å²) in [6.45, 7) is 2.03. The molecule has 0 bridgehead atoms. The topological polar surface area (TPSA) is 61.8 Å². The Morgan fingerprint density at radius 1 is 1.30 bits per heavy atom. The Kier molecular flexibility index (Phi) is 4.27. The van der Waals surface area contributed by atoms with Gasteiger partial charge in [0.15, 0.2) is 0 Å². The van der Waals surface area contributed by atoms with E-state index in [1.807, 2.05) is 0 Å². The van der Waals surface area contributed by atoms with Gasteiger partial charge in [-0.15, -0.1) is 0 Å². The van der Waals surface area contributed by atoms with E-state index in [0.29, 0.717) is 31.8 Å². The van der Waals surface area contributed by atoms with Crippen LogP contribution in [-0.4, -0.2) is 32.1 Å². The number of hydrogen-bond acceptors (Lipinski definition) is 5. The van der Waals surface area contributed by atoms with Crippen LogP contribution in [0.1, 0.15) is 19.8 Å². The van der Waals surface area contributed by atoms with Gasteiger partial charge in [0.25, 0.3) is 0 Å². The average molecular weight is 278 g/mol. The summed E-state index contributed by atoms with van der Waals surface area (Å²) in [6, 6.07) is 7.15. The summed E-state index contributed by atoms with van der Waals surface area (Å²) in [6.07, 6.45) is 0.778. The van der Waals surface area contributed by atoms with Gasteiger partial charge in [-0.2, -0.15) is 0 Å². The van der Waals surface area contributed by atoms with Gasteiger partial charge in [0, 0.05) is 12.8 Å². The molecule has 0 spiro atoms. The average Bonchev–Trinajstić information content (AvgIpc) is 2.82. The molecule has 1 saturated heterocycles. The first-order valence-corrected chi connectivity index (χ1v) is 6.53. The molecule has 1 aliphatic heterocycles. The molecule has 1 fully saturated rings. The molecule has 1 aromatic rings. The minimum absolute atomic E-state index is 0.154. The van der Waals surface area contributed by atoms with Crippen molar-refractivity contribution in [1.29, 1.82) is 0 Å². The highest BCUT2D eigenvalue weighted by Crippen LogP contribution is 2.35. The van der Waals surface area contributed by atoms with Crippen molar-refractivity contribution >= 4 is 11.8 Å². The summed E-state index contributed by atoms with van der Waals surface area (Å²) in [5.41, 5.74) is -1.02. The lowest BCUT2D eigenvalue weighted by Crippen LogP contribution is -2.35. The molecule has 0 N–H and O–H groups in total. The van der Waals surface area contributed by atoms with Gasteiger partial charge in [-0.05, 0) is 31.2 Å². The van der Waals surface area contributed by atoms with Crippen molar-refractivity contribution in [2.45, 2.75) is 19.8 Å². The first-order chi connectivity index (χ1) is 9.58. The predicted molar refractivity (Wildman–Crippen MR) is 71.8 cm³/mol. The molecule has 0 saturated carbocycles. The number of esters is 1. The summed E-state index contributed by atoms with van der Waals surface area (Å²) >= 11 is 0. The number of benzene rings is 1. The molecule has 0 amide bonds. The highest BCUT2D eigenvalue weighted by molar-refractivity contribution is 6.03. The lowest BCUT2D eigenvalue weighted by Gasteiger charge is -2.21. The van der Waals surface area contributed by atoms with Gasteiger partial charge >= 0.3 is 5.97 Å². The highest BCUT2D eigenvalue weighted by atomic mass is 16.5. The number of carbonyl (C=O) groups is 2. The Morgan fingerprint density at radius 3 is 2.45 bits per heavy atom. The molecule has 1 atom stereocenters. The SMILES string of the molecule is COc1ccc(OCCC2(C(C)=O)CCOC2=O)cc1. The normalized spacial score (nSPS) is 21.4. The third-order valence-corrected chi connectivity index (χ3v) is 3.68. The number of methoxy groups -OCH3 is 1. The fourth-order valence-electron chi connectivity index (χ4n) is 2.30. The molecule has 20 heavy (non-hydrogen) atoms. The van der Waals surface area contributed by atoms with Gasteiger partial charge < -0.3 is 14.2 Å². The van der Waals surface area contributed by atoms with Crippen LogP contribution in [0.2, 0.25) is 0 Å². The standard InChI is InChI=1S/C15H18O5/c1-11(16)15(8-10-20-14(15)17)7-9-19-13-5-3-12(18-2)4-6-13/h3-6H,7-10H2,1-2H3. The molecule has 1 aliphatic rings. The van der Waals surface area contributed by atoms with E-state index < -0.39 is 11.4 Å². The summed E-state index contributed by atoms with van der Waals surface area (Å²) < 4.78 is 15.6. The second kappa shape index (κ2) is 5.94. The molecule has 108 valence electrons. The van der Waals surface area contributed by atoms with Gasteiger partial charge in [0.05, 0.1) is 20.3 Å². The van der Waals surface area contributed by atoms with Crippen LogP contribution in [0.15, 0.2) is 24.3 Å². The number of ether oxygens (including phenoxy) is 3. The van der Waals surface area contributed by atoms with E-state index >= 15 is 0 Å². The second-order valence-corrected chi connectivity index (χ2v) is 4.80. The van der Waals surface area contributed by atoms with Crippen molar-refractivity contribution in [2.24, 2.45) is 5.41 Å². The first-order valence-electron chi connectivity index (χ1n) is 6.53. The van der Waals surface area contributed by atoms with Crippen LogP contribution in [0.3, 0.4) is 0 Å². The quantitative estimate of drug-likeness (QED) is 0.588. The van der Waals surface area contributed by atoms with E-state index in [2.05, 4.69) is 0 Å². The molecule has 0 radical (unpaired) electrons. The van der Waals surface area contributed by atoms with Gasteiger partial charge in [0.2, 0.25) is 0 Å². The van der Waals surface area contributed by atoms with Crippen LogP contribution in [0.25, 0.3) is 0 Å². The minimum Gasteiger partial charge on any atom is -0.497 e. The number of carbonyl (C=O) groups excluding carboxylic acids is 2. The van der Waals surface area contributed by atoms with E-state index in [9.17, 15) is 9.59 Å². The lowest BCUT2D eigenvalue weighted by atomic mass is 9.80. The van der Waals surface area contributed by atoms with Crippen LogP contribution in [-0.2, 0) is 14.3 Å². The van der Waals surface area contributed by atoms with Crippen LogP contribution in [0, 0.1) is 5.41 Å². The number of Topliss-reactive ketones (excluding diaryl/α,β-unsaturated/α-hetero) is 1. The predicted octanol–water partition coefficient (Wildman–Crippen LogP) is 1.99. The number of hydrogen-bond donors (Lipinski definition) is 0. The molecule has 1 unspecified atom stereocenters. The molecule has 1 heterocycles. The zero-order chi connectivity index (χ0) is 14.6. The summed E-state index contributed by atoms with van der Waals surface area (Å²) in [4.78, 5) is 23.5. The molecule has 0 aliphatic carbocycles. The number of ketones is 1. The summed E-state index contributed by atoms with van der Waals surface area (Å²) in [5, 5.41) is 0. The maximum atomic E-state index is 11.7. The van der Waals surface area contributed by atoms with Crippen molar-refractivity contribution in [3.05, 3.63) is 24.3 Å². The molecule has 0 aromatic heterocycles. The fraction of sp³-hybridized carbons (Fsp3) is 0.467. The highest BCUT2D eigenvalue weighted by Gasteiger charge is 2.48. The van der Waals surface area contributed by atoms with Gasteiger partial charge in [-0.1, -0.05) is 0 Å². The van der Waals surface area contributed by atoms with Crippen molar-refractivity contribution < 1.29 is 23.8 Å². The lowest BCUT2D eigenvalue weighted by molar-refractivity contribution is -0.151. The monoisotopic (exact) mass is 278 g/mol. The molecular formula is C15H18O5. The summed E-state index contributed by atoms with van der Waals surface area (Å²) in [5.74, 6) is 0.842. The Hall–Kier alpha value is -2.04. The van der Waals surface area contributed by atoms with E-state index in [1.165, 1.54) is 6.92 Å². The van der Waals surface area contributed by atoms with Gasteiger partial charge in [-0.3, -0.25) is 9.59 Å². The number of rotatable bonds is 6. The van der Waals surface area contributed by atoms with Crippen LogP contribution in [0.4, 0.5) is 0 Å². The Morgan fingerprint density at radius 2 is 1.95 bits per heavy atom. The van der Waals surface area contributed by atoms with Crippen molar-refractivity contribution in [3.63, 3.8) is 0 Å². The molecular weight excluding hydrogens is 260 g/mol. The summed E-state index contributed by atoms with van der Waals surface area (Å²) in [7, 11) is 1.60. The van der Waals surface area contributed by atoms with Gasteiger partial charge in [-0.25, -0.2) is 0 Å². The second-order valence-electron chi connectivity index (χ2n) is 4.80. The minimum atomic E-state index is -1.02. The molecule has 5 nitrogen and oxygen atoms in total. The van der Waals surface area contributed by atoms with E-state index in [4.69, 9.17) is 14.2 Å². The van der Waals surface area contributed by atoms with Gasteiger partial charge in [0.1, 0.15) is 22.7 Å². The third kappa shape index (κ3) is 2.76. The molecule has 2 rings (SSSR count). The maximum Gasteiger partial charge on any atom is 0.319 e. The Balaban J connectivity index is 1.93. The first kappa shape index (κ1) is 14.4. The van der Waals surface area contributed by atoms with E-state index in [1.54, 1.807) is 31.4 Å². The van der Waals surface area contributed by atoms with Crippen molar-refractivity contribution in [3.8, 4) is 11.5 Å². The number of cyclic esters (lactones) is 1. The Labute approximate surface area is 117 Å². The molecule has 1 aromatic carbocycles. The zero-order valence-electron chi connectivity index (χ0n) is 11.7. The largest absolute Gasteiger partial charge is 0.497 e. The molecule has 5 heteroatoms. The van der Waals surface area contributed by atoms with Crippen LogP contribution >= 0.6 is 0 Å². The van der Waals surface area contributed by atoms with E-state index in [-0.39, 0.29) is 5.78 Å². The van der Waals surface area contributed by atoms with Crippen LogP contribution < -0.4 is 9.47 Å². The fourth-order valence-corrected chi connectivity index (χ4v) is 2.30. The van der Waals surface area contributed by atoms with E-state index in [0.717, 1.165) is 5.75 Å². The third-order valence-electron chi connectivity index (χ3n) is 3.68.